The van der Waals surface area contributed by atoms with E-state index in [9.17, 15) is 13.2 Å². The van der Waals surface area contributed by atoms with Crippen molar-refractivity contribution in [3.05, 3.63) is 48.0 Å². The molecule has 0 aliphatic carbocycles. The van der Waals surface area contributed by atoms with Gasteiger partial charge in [-0.15, -0.1) is 11.8 Å². The van der Waals surface area contributed by atoms with Crippen molar-refractivity contribution in [2.45, 2.75) is 28.9 Å². The smallest absolute Gasteiger partial charge is 0.260 e. The van der Waals surface area contributed by atoms with Gasteiger partial charge in [-0.05, 0) is 30.3 Å². The molecule has 1 aliphatic heterocycles. The van der Waals surface area contributed by atoms with Crippen LogP contribution in [-0.4, -0.2) is 75.1 Å². The third-order valence-corrected chi connectivity index (χ3v) is 8.61. The number of hydrogen-bond donors (Lipinski definition) is 0. The Bertz CT molecular complexity index is 1270. The van der Waals surface area contributed by atoms with E-state index in [1.165, 1.54) is 17.6 Å². The van der Waals surface area contributed by atoms with Gasteiger partial charge in [-0.25, -0.2) is 13.4 Å². The van der Waals surface area contributed by atoms with Crippen molar-refractivity contribution in [3.8, 4) is 0 Å². The van der Waals surface area contributed by atoms with Crippen LogP contribution >= 0.6 is 23.1 Å². The Hall–Kier alpha value is -1.98. The molecule has 1 aromatic heterocycles. The number of carbonyl (C=O) groups is 1. The standard InChI is InChI=1S/C24H29N3O4S3/c1-17(2)32-19-7-4-6-18(16-19)23(28)27(11-10-26-12-14-31-15-13-26)24-25-22-20(33-24)8-5-9-21(22)34(3,29)30/h4-9,16-17H,10-15H2,1-3H3. The van der Waals surface area contributed by atoms with Crippen molar-refractivity contribution in [3.63, 3.8) is 0 Å². The maximum Gasteiger partial charge on any atom is 0.260 e. The molecular formula is C24H29N3O4S3. The SMILES string of the molecule is CC(C)Sc1cccc(C(=O)N(CCN2CCOCC2)c2nc3c(S(C)(=O)=O)cccc3s2)c1. The van der Waals surface area contributed by atoms with Crippen molar-refractivity contribution < 1.29 is 17.9 Å². The molecular weight excluding hydrogens is 490 g/mol. The number of amides is 1. The lowest BCUT2D eigenvalue weighted by Gasteiger charge is -2.29. The van der Waals surface area contributed by atoms with E-state index in [2.05, 4.69) is 23.7 Å². The van der Waals surface area contributed by atoms with Crippen LogP contribution in [-0.2, 0) is 14.6 Å². The molecule has 182 valence electrons. The van der Waals surface area contributed by atoms with E-state index < -0.39 is 9.84 Å². The molecule has 2 aromatic carbocycles. The summed E-state index contributed by atoms with van der Waals surface area (Å²) in [5.74, 6) is -0.139. The van der Waals surface area contributed by atoms with Gasteiger partial charge < -0.3 is 4.74 Å². The molecule has 3 aromatic rings. The average molecular weight is 520 g/mol. The molecule has 0 unspecified atom stereocenters. The lowest BCUT2D eigenvalue weighted by molar-refractivity contribution is 0.0391. The average Bonchev–Trinajstić information content (AvgIpc) is 3.22. The first-order chi connectivity index (χ1) is 16.2. The monoisotopic (exact) mass is 519 g/mol. The third-order valence-electron chi connectivity index (χ3n) is 5.44. The van der Waals surface area contributed by atoms with Gasteiger partial charge in [0.2, 0.25) is 0 Å². The number of para-hydroxylation sites is 1. The number of thioether (sulfide) groups is 1. The van der Waals surface area contributed by atoms with Gasteiger partial charge in [0.25, 0.3) is 5.91 Å². The predicted molar refractivity (Wildman–Crippen MR) is 139 cm³/mol. The molecule has 1 amide bonds. The first kappa shape index (κ1) is 25.1. The number of thiazole rings is 1. The Kier molecular flexibility index (Phi) is 7.94. The summed E-state index contributed by atoms with van der Waals surface area (Å²) in [6, 6.07) is 12.8. The highest BCUT2D eigenvalue weighted by atomic mass is 32.2. The third kappa shape index (κ3) is 5.98. The Morgan fingerprint density at radius 3 is 2.65 bits per heavy atom. The molecule has 0 saturated carbocycles. The zero-order chi connectivity index (χ0) is 24.3. The molecule has 10 heteroatoms. The first-order valence-electron chi connectivity index (χ1n) is 11.2. The molecule has 1 saturated heterocycles. The maximum absolute atomic E-state index is 13.7. The van der Waals surface area contributed by atoms with Gasteiger partial charge in [0.15, 0.2) is 15.0 Å². The summed E-state index contributed by atoms with van der Waals surface area (Å²) >= 11 is 3.05. The number of ether oxygens (including phenoxy) is 1. The van der Waals surface area contributed by atoms with E-state index in [1.807, 2.05) is 30.3 Å². The Morgan fingerprint density at radius 1 is 1.21 bits per heavy atom. The van der Waals surface area contributed by atoms with Crippen LogP contribution in [0, 0.1) is 0 Å². The van der Waals surface area contributed by atoms with Gasteiger partial charge in [0, 0.05) is 48.1 Å². The molecule has 0 spiro atoms. The fourth-order valence-electron chi connectivity index (χ4n) is 3.81. The summed E-state index contributed by atoms with van der Waals surface area (Å²) in [6.45, 7) is 8.38. The fraction of sp³-hybridized carbons (Fsp3) is 0.417. The fourth-order valence-corrected chi connectivity index (χ4v) is 6.62. The van der Waals surface area contributed by atoms with Crippen molar-refractivity contribution in [2.24, 2.45) is 0 Å². The number of rotatable bonds is 8. The summed E-state index contributed by atoms with van der Waals surface area (Å²) in [5, 5.41) is 0.910. The molecule has 0 N–H and O–H groups in total. The van der Waals surface area contributed by atoms with E-state index in [-0.39, 0.29) is 10.8 Å². The van der Waals surface area contributed by atoms with Crippen molar-refractivity contribution in [2.75, 3.05) is 50.5 Å². The number of aromatic nitrogens is 1. The zero-order valence-electron chi connectivity index (χ0n) is 19.6. The molecule has 7 nitrogen and oxygen atoms in total. The summed E-state index contributed by atoms with van der Waals surface area (Å²) in [6.07, 6.45) is 1.18. The first-order valence-corrected chi connectivity index (χ1v) is 14.8. The molecule has 34 heavy (non-hydrogen) atoms. The van der Waals surface area contributed by atoms with Crippen LogP contribution in [0.1, 0.15) is 24.2 Å². The van der Waals surface area contributed by atoms with Crippen LogP contribution in [0.2, 0.25) is 0 Å². The number of benzene rings is 2. The number of morpholine rings is 1. The Labute approximate surface area is 209 Å². The van der Waals surface area contributed by atoms with Crippen LogP contribution in [0.5, 0.6) is 0 Å². The van der Waals surface area contributed by atoms with Gasteiger partial charge in [-0.2, -0.15) is 0 Å². The topological polar surface area (TPSA) is 79.8 Å². The van der Waals surface area contributed by atoms with Crippen LogP contribution in [0.15, 0.2) is 52.3 Å². The summed E-state index contributed by atoms with van der Waals surface area (Å²) < 4.78 is 30.8. The predicted octanol–water partition coefficient (Wildman–Crippen LogP) is 4.18. The maximum atomic E-state index is 13.7. The number of nitrogens with zero attached hydrogens (tertiary/aromatic N) is 3. The number of fused-ring (bicyclic) bond motifs is 1. The van der Waals surface area contributed by atoms with E-state index in [0.717, 1.165) is 22.7 Å². The van der Waals surface area contributed by atoms with Crippen LogP contribution in [0.3, 0.4) is 0 Å². The van der Waals surface area contributed by atoms with Crippen LogP contribution in [0.25, 0.3) is 10.2 Å². The lowest BCUT2D eigenvalue weighted by atomic mass is 10.2. The van der Waals surface area contributed by atoms with E-state index >= 15 is 0 Å². The van der Waals surface area contributed by atoms with Crippen molar-refractivity contribution in [1.29, 1.82) is 0 Å². The Balaban J connectivity index is 1.70. The number of hydrogen-bond acceptors (Lipinski definition) is 8. The number of sulfone groups is 1. The van der Waals surface area contributed by atoms with Crippen molar-refractivity contribution in [1.82, 2.24) is 9.88 Å². The van der Waals surface area contributed by atoms with Gasteiger partial charge in [-0.3, -0.25) is 14.6 Å². The molecule has 1 aliphatic rings. The number of carbonyl (C=O) groups excluding carboxylic acids is 1. The van der Waals surface area contributed by atoms with E-state index in [4.69, 9.17) is 4.74 Å². The highest BCUT2D eigenvalue weighted by Crippen LogP contribution is 2.33. The van der Waals surface area contributed by atoms with Gasteiger partial charge in [0.05, 0.1) is 22.8 Å². The van der Waals surface area contributed by atoms with E-state index in [0.29, 0.717) is 47.8 Å². The van der Waals surface area contributed by atoms with Gasteiger partial charge in [-0.1, -0.05) is 37.3 Å². The minimum Gasteiger partial charge on any atom is -0.379 e. The van der Waals surface area contributed by atoms with Crippen molar-refractivity contribution >= 4 is 54.2 Å². The minimum absolute atomic E-state index is 0.139. The zero-order valence-corrected chi connectivity index (χ0v) is 22.0. The van der Waals surface area contributed by atoms with Gasteiger partial charge >= 0.3 is 0 Å². The van der Waals surface area contributed by atoms with Crippen LogP contribution < -0.4 is 4.90 Å². The molecule has 4 rings (SSSR count). The molecule has 2 heterocycles. The minimum atomic E-state index is -3.44. The number of anilines is 1. The largest absolute Gasteiger partial charge is 0.379 e. The molecule has 0 atom stereocenters. The second-order valence-corrected chi connectivity index (χ2v) is 13.1. The summed E-state index contributed by atoms with van der Waals surface area (Å²) in [7, 11) is -3.44. The Morgan fingerprint density at radius 2 is 1.94 bits per heavy atom. The lowest BCUT2D eigenvalue weighted by Crippen LogP contribution is -2.43. The van der Waals surface area contributed by atoms with Gasteiger partial charge in [0.1, 0.15) is 5.52 Å². The normalized spacial score (nSPS) is 15.2. The molecule has 0 radical (unpaired) electrons. The highest BCUT2D eigenvalue weighted by Gasteiger charge is 2.25. The van der Waals surface area contributed by atoms with E-state index in [1.54, 1.807) is 28.8 Å². The highest BCUT2D eigenvalue weighted by molar-refractivity contribution is 7.99. The second kappa shape index (κ2) is 10.7. The molecule has 1 fully saturated rings. The summed E-state index contributed by atoms with van der Waals surface area (Å²) in [4.78, 5) is 23.6. The molecule has 0 bridgehead atoms. The van der Waals surface area contributed by atoms with Crippen LogP contribution in [0.4, 0.5) is 5.13 Å². The summed E-state index contributed by atoms with van der Waals surface area (Å²) in [5.41, 5.74) is 1.01. The second-order valence-electron chi connectivity index (χ2n) is 8.48. The quantitative estimate of drug-likeness (QED) is 0.413.